The van der Waals surface area contributed by atoms with Gasteiger partial charge in [0.1, 0.15) is 0 Å². The number of amides is 1. The number of hydrogen-bond acceptors (Lipinski definition) is 6. The Kier molecular flexibility index (Phi) is 5.92. The molecule has 1 amide bonds. The van der Waals surface area contributed by atoms with Crippen LogP contribution in [0.3, 0.4) is 0 Å². The summed E-state index contributed by atoms with van der Waals surface area (Å²) in [6.07, 6.45) is -0.733. The fourth-order valence-corrected chi connectivity index (χ4v) is 4.16. The lowest BCUT2D eigenvalue weighted by molar-refractivity contribution is -0.118. The van der Waals surface area contributed by atoms with E-state index in [1.54, 1.807) is 17.0 Å². The molecule has 1 atom stereocenters. The predicted octanol–water partition coefficient (Wildman–Crippen LogP) is 5.38. The number of fused-ring (bicyclic) bond motifs is 3. The van der Waals surface area contributed by atoms with Crippen LogP contribution in [0.4, 0.5) is 5.69 Å². The number of carbonyl (C=O) groups excluding carboxylic acids is 1. The van der Waals surface area contributed by atoms with Crippen LogP contribution in [0.15, 0.2) is 53.7 Å². The van der Waals surface area contributed by atoms with E-state index in [1.165, 1.54) is 18.7 Å². The minimum Gasteiger partial charge on any atom is -0.447 e. The fraction of sp³-hybridized carbons (Fsp3) is 0.273. The molecule has 0 aliphatic carbocycles. The van der Waals surface area contributed by atoms with E-state index in [9.17, 15) is 4.79 Å². The van der Waals surface area contributed by atoms with Crippen LogP contribution in [0.1, 0.15) is 32.6 Å². The van der Waals surface area contributed by atoms with Crippen LogP contribution >= 0.6 is 23.4 Å². The van der Waals surface area contributed by atoms with E-state index in [0.29, 0.717) is 33.4 Å². The summed E-state index contributed by atoms with van der Waals surface area (Å²) in [5.41, 5.74) is 2.69. The molecule has 154 valence electrons. The van der Waals surface area contributed by atoms with Crippen molar-refractivity contribution in [3.8, 4) is 17.1 Å². The van der Waals surface area contributed by atoms with Gasteiger partial charge in [-0.05, 0) is 24.1 Å². The van der Waals surface area contributed by atoms with Gasteiger partial charge in [-0.25, -0.2) is 0 Å². The molecule has 0 bridgehead atoms. The number of carbonyl (C=O) groups is 1. The molecule has 4 rings (SSSR count). The highest BCUT2D eigenvalue weighted by Crippen LogP contribution is 2.43. The zero-order valence-electron chi connectivity index (χ0n) is 16.9. The van der Waals surface area contributed by atoms with Crippen molar-refractivity contribution in [2.75, 3.05) is 10.7 Å². The number of para-hydroxylation sites is 1. The molecule has 1 aromatic heterocycles. The SMILES string of the molecule is CC(=O)N1c2ccccc2-c2nnc(SCC(C)C)nc2OC1c1cccc(Cl)c1. The summed E-state index contributed by atoms with van der Waals surface area (Å²) < 4.78 is 6.32. The van der Waals surface area contributed by atoms with Crippen LogP contribution in [0.2, 0.25) is 5.02 Å². The molecule has 0 N–H and O–H groups in total. The van der Waals surface area contributed by atoms with Crippen molar-refractivity contribution in [2.24, 2.45) is 5.92 Å². The molecule has 3 aromatic rings. The van der Waals surface area contributed by atoms with Gasteiger partial charge in [-0.3, -0.25) is 9.69 Å². The monoisotopic (exact) mass is 440 g/mol. The van der Waals surface area contributed by atoms with Crippen molar-refractivity contribution in [2.45, 2.75) is 32.2 Å². The number of benzene rings is 2. The lowest BCUT2D eigenvalue weighted by atomic mass is 10.1. The number of anilines is 1. The van der Waals surface area contributed by atoms with Crippen molar-refractivity contribution in [1.29, 1.82) is 0 Å². The highest BCUT2D eigenvalue weighted by atomic mass is 35.5. The van der Waals surface area contributed by atoms with Gasteiger partial charge in [0.05, 0.1) is 5.69 Å². The first-order chi connectivity index (χ1) is 14.4. The van der Waals surface area contributed by atoms with Crippen molar-refractivity contribution in [3.63, 3.8) is 0 Å². The number of ether oxygens (including phenoxy) is 1. The number of rotatable bonds is 4. The van der Waals surface area contributed by atoms with Crippen LogP contribution < -0.4 is 9.64 Å². The molecule has 2 aromatic carbocycles. The Bertz CT molecular complexity index is 1090. The lowest BCUT2D eigenvalue weighted by Gasteiger charge is -2.29. The number of nitrogens with zero attached hydrogens (tertiary/aromatic N) is 4. The summed E-state index contributed by atoms with van der Waals surface area (Å²) in [5.74, 6) is 1.54. The van der Waals surface area contributed by atoms with E-state index < -0.39 is 6.23 Å². The van der Waals surface area contributed by atoms with Crippen molar-refractivity contribution in [1.82, 2.24) is 15.2 Å². The summed E-state index contributed by atoms with van der Waals surface area (Å²) in [6.45, 7) is 5.78. The number of halogens is 1. The van der Waals surface area contributed by atoms with E-state index in [-0.39, 0.29) is 5.91 Å². The van der Waals surface area contributed by atoms with Crippen LogP contribution in [0, 0.1) is 5.92 Å². The van der Waals surface area contributed by atoms with Crippen LogP contribution in [0.5, 0.6) is 5.88 Å². The Morgan fingerprint density at radius 3 is 2.73 bits per heavy atom. The second-order valence-electron chi connectivity index (χ2n) is 7.38. The molecular formula is C22H21ClN4O2S. The molecule has 0 fully saturated rings. The van der Waals surface area contributed by atoms with E-state index in [0.717, 1.165) is 16.9 Å². The number of thioether (sulfide) groups is 1. The smallest absolute Gasteiger partial charge is 0.247 e. The Morgan fingerprint density at radius 2 is 2.00 bits per heavy atom. The van der Waals surface area contributed by atoms with Crippen LogP contribution in [-0.4, -0.2) is 26.8 Å². The van der Waals surface area contributed by atoms with Gasteiger partial charge in [-0.1, -0.05) is 67.5 Å². The second-order valence-corrected chi connectivity index (χ2v) is 8.81. The van der Waals surface area contributed by atoms with Gasteiger partial charge >= 0.3 is 0 Å². The Balaban J connectivity index is 1.88. The van der Waals surface area contributed by atoms with Gasteiger partial charge in [0.2, 0.25) is 23.2 Å². The topological polar surface area (TPSA) is 68.2 Å². The third-order valence-corrected chi connectivity index (χ3v) is 6.03. The maximum Gasteiger partial charge on any atom is 0.247 e. The summed E-state index contributed by atoms with van der Waals surface area (Å²) in [4.78, 5) is 19.0. The maximum atomic E-state index is 12.7. The highest BCUT2D eigenvalue weighted by molar-refractivity contribution is 7.99. The molecule has 2 heterocycles. The third-order valence-electron chi connectivity index (χ3n) is 4.53. The normalized spacial score (nSPS) is 15.2. The second kappa shape index (κ2) is 8.62. The molecule has 1 aliphatic rings. The zero-order valence-corrected chi connectivity index (χ0v) is 18.4. The molecule has 0 radical (unpaired) electrons. The maximum absolute atomic E-state index is 12.7. The molecule has 0 saturated heterocycles. The predicted molar refractivity (Wildman–Crippen MR) is 119 cm³/mol. The third kappa shape index (κ3) is 4.13. The molecule has 1 unspecified atom stereocenters. The first-order valence-corrected chi connectivity index (χ1v) is 11.0. The minimum atomic E-state index is -0.733. The van der Waals surface area contributed by atoms with Gasteiger partial charge in [-0.15, -0.1) is 10.2 Å². The lowest BCUT2D eigenvalue weighted by Crippen LogP contribution is -2.36. The highest BCUT2D eigenvalue weighted by Gasteiger charge is 2.34. The first kappa shape index (κ1) is 20.6. The van der Waals surface area contributed by atoms with E-state index >= 15 is 0 Å². The van der Waals surface area contributed by atoms with E-state index in [1.807, 2.05) is 36.4 Å². The van der Waals surface area contributed by atoms with Gasteiger partial charge in [0.25, 0.3) is 0 Å². The van der Waals surface area contributed by atoms with Gasteiger partial charge < -0.3 is 4.74 Å². The molecule has 0 saturated carbocycles. The summed E-state index contributed by atoms with van der Waals surface area (Å²) in [5, 5.41) is 9.80. The van der Waals surface area contributed by atoms with Gasteiger partial charge in [-0.2, -0.15) is 4.98 Å². The molecule has 30 heavy (non-hydrogen) atoms. The average molecular weight is 441 g/mol. The van der Waals surface area contributed by atoms with Crippen molar-refractivity contribution >= 4 is 35.0 Å². The quantitative estimate of drug-likeness (QED) is 0.507. The van der Waals surface area contributed by atoms with Crippen LogP contribution in [-0.2, 0) is 4.79 Å². The Morgan fingerprint density at radius 1 is 1.20 bits per heavy atom. The molecule has 1 aliphatic heterocycles. The van der Waals surface area contributed by atoms with E-state index in [4.69, 9.17) is 16.3 Å². The minimum absolute atomic E-state index is 0.164. The molecule has 6 nitrogen and oxygen atoms in total. The summed E-state index contributed by atoms with van der Waals surface area (Å²) in [6, 6.07) is 14.8. The Hall–Kier alpha value is -2.64. The first-order valence-electron chi connectivity index (χ1n) is 9.63. The molecular weight excluding hydrogens is 420 g/mol. The van der Waals surface area contributed by atoms with E-state index in [2.05, 4.69) is 29.0 Å². The summed E-state index contributed by atoms with van der Waals surface area (Å²) in [7, 11) is 0. The Labute approximate surface area is 184 Å². The number of hydrogen-bond donors (Lipinski definition) is 0. The molecule has 0 spiro atoms. The zero-order chi connectivity index (χ0) is 21.3. The van der Waals surface area contributed by atoms with Crippen LogP contribution in [0.25, 0.3) is 11.3 Å². The number of aromatic nitrogens is 3. The summed E-state index contributed by atoms with van der Waals surface area (Å²) >= 11 is 7.76. The average Bonchev–Trinajstić information content (AvgIpc) is 2.86. The molecule has 8 heteroatoms. The van der Waals surface area contributed by atoms with Crippen molar-refractivity contribution in [3.05, 3.63) is 59.1 Å². The fourth-order valence-electron chi connectivity index (χ4n) is 3.23. The van der Waals surface area contributed by atoms with Crippen molar-refractivity contribution < 1.29 is 9.53 Å². The van der Waals surface area contributed by atoms with Gasteiger partial charge in [0, 0.05) is 28.8 Å². The largest absolute Gasteiger partial charge is 0.447 e. The standard InChI is InChI=1S/C22H21ClN4O2S/c1-13(2)12-30-22-24-20-19(25-26-22)17-9-4-5-10-18(17)27(14(3)28)21(29-20)15-7-6-8-16(23)11-15/h4-11,13,21H,12H2,1-3H3. The van der Waals surface area contributed by atoms with Gasteiger partial charge in [0.15, 0.2) is 5.69 Å².